The highest BCUT2D eigenvalue weighted by molar-refractivity contribution is 8.00. The van der Waals surface area contributed by atoms with Crippen molar-refractivity contribution in [3.63, 3.8) is 0 Å². The summed E-state index contributed by atoms with van der Waals surface area (Å²) in [5.74, 6) is 0.195. The normalized spacial score (nSPS) is 23.6. The fraction of sp³-hybridized carbons (Fsp3) is 0.750. The van der Waals surface area contributed by atoms with Crippen LogP contribution in [-0.2, 0) is 9.53 Å². The predicted octanol–water partition coefficient (Wildman–Crippen LogP) is 2.51. The molecule has 1 aliphatic rings. The van der Waals surface area contributed by atoms with Gasteiger partial charge in [-0.05, 0) is 41.2 Å². The summed E-state index contributed by atoms with van der Waals surface area (Å²) in [7, 11) is 0. The number of carboxylic acids is 1. The maximum atomic E-state index is 11.3. The summed E-state index contributed by atoms with van der Waals surface area (Å²) in [6.45, 7) is 13.5. The van der Waals surface area contributed by atoms with Gasteiger partial charge in [-0.2, -0.15) is 0 Å². The van der Waals surface area contributed by atoms with Gasteiger partial charge in [-0.15, -0.1) is 11.8 Å². The van der Waals surface area contributed by atoms with Crippen LogP contribution in [0.2, 0.25) is 0 Å². The summed E-state index contributed by atoms with van der Waals surface area (Å²) in [6, 6.07) is -0.595. The Hall–Kier alpha value is -0.840. The molecule has 0 radical (unpaired) electrons. The third kappa shape index (κ3) is 3.31. The topological polar surface area (TPSA) is 49.8 Å². The summed E-state index contributed by atoms with van der Waals surface area (Å²) < 4.78 is 5.31. The standard InChI is InChI=1S/C12H21NO3S/c1-8(16-11(2,3)4)13-7-17-12(5,6)9(13)10(14)15/h9H,1,7H2,2-6H3,(H,14,15)/t9-/m1/s1. The Morgan fingerprint density at radius 1 is 1.53 bits per heavy atom. The van der Waals surface area contributed by atoms with Crippen molar-refractivity contribution in [1.29, 1.82) is 0 Å². The molecule has 0 aromatic rings. The number of hydrogen-bond acceptors (Lipinski definition) is 4. The zero-order valence-electron chi connectivity index (χ0n) is 11.1. The minimum absolute atomic E-state index is 0.337. The van der Waals surface area contributed by atoms with Crippen molar-refractivity contribution in [2.75, 3.05) is 5.88 Å². The molecule has 1 atom stereocenters. The highest BCUT2D eigenvalue weighted by atomic mass is 32.2. The molecule has 98 valence electrons. The zero-order valence-corrected chi connectivity index (χ0v) is 11.9. The van der Waals surface area contributed by atoms with E-state index in [9.17, 15) is 9.90 Å². The minimum atomic E-state index is -0.835. The molecule has 1 aliphatic heterocycles. The smallest absolute Gasteiger partial charge is 0.327 e. The lowest BCUT2D eigenvalue weighted by molar-refractivity contribution is -0.144. The molecule has 0 unspecified atom stereocenters. The highest BCUT2D eigenvalue weighted by Gasteiger charge is 2.47. The van der Waals surface area contributed by atoms with Crippen LogP contribution in [0.25, 0.3) is 0 Å². The van der Waals surface area contributed by atoms with Crippen LogP contribution in [0, 0.1) is 0 Å². The van der Waals surface area contributed by atoms with Crippen LogP contribution < -0.4 is 0 Å². The lowest BCUT2D eigenvalue weighted by Gasteiger charge is -2.33. The largest absolute Gasteiger partial charge is 0.480 e. The van der Waals surface area contributed by atoms with Gasteiger partial charge in [-0.25, -0.2) is 4.79 Å². The number of thioether (sulfide) groups is 1. The Balaban J connectivity index is 2.85. The lowest BCUT2D eigenvalue weighted by Crippen LogP contribution is -2.46. The third-order valence-corrected chi connectivity index (χ3v) is 3.90. The Morgan fingerprint density at radius 2 is 2.06 bits per heavy atom. The third-order valence-electron chi connectivity index (χ3n) is 2.52. The van der Waals surface area contributed by atoms with Crippen LogP contribution >= 0.6 is 11.8 Å². The van der Waals surface area contributed by atoms with Gasteiger partial charge in [0.15, 0.2) is 5.88 Å². The second-order valence-electron chi connectivity index (χ2n) is 5.70. The van der Waals surface area contributed by atoms with Gasteiger partial charge in [0, 0.05) is 4.75 Å². The molecule has 0 amide bonds. The Bertz CT molecular complexity index is 333. The van der Waals surface area contributed by atoms with E-state index in [0.717, 1.165) is 0 Å². The van der Waals surface area contributed by atoms with E-state index in [1.54, 1.807) is 16.7 Å². The highest BCUT2D eigenvalue weighted by Crippen LogP contribution is 2.41. The molecule has 0 aromatic carbocycles. The molecule has 17 heavy (non-hydrogen) atoms. The van der Waals surface area contributed by atoms with Crippen molar-refractivity contribution in [1.82, 2.24) is 4.90 Å². The van der Waals surface area contributed by atoms with E-state index < -0.39 is 12.0 Å². The molecule has 1 rings (SSSR count). The van der Waals surface area contributed by atoms with Gasteiger partial charge in [0.1, 0.15) is 11.6 Å². The molecule has 4 nitrogen and oxygen atoms in total. The average Bonchev–Trinajstić information content (AvgIpc) is 2.37. The zero-order chi connectivity index (χ0) is 13.4. The molecule has 5 heteroatoms. The summed E-state index contributed by atoms with van der Waals surface area (Å²) >= 11 is 1.60. The Kier molecular flexibility index (Phi) is 3.72. The van der Waals surface area contributed by atoms with E-state index in [2.05, 4.69) is 6.58 Å². The minimum Gasteiger partial charge on any atom is -0.480 e. The average molecular weight is 259 g/mol. The van der Waals surface area contributed by atoms with Gasteiger partial charge in [0.2, 0.25) is 0 Å². The molecular formula is C12H21NO3S. The van der Waals surface area contributed by atoms with E-state index in [-0.39, 0.29) is 10.3 Å². The quantitative estimate of drug-likeness (QED) is 0.789. The van der Waals surface area contributed by atoms with Crippen LogP contribution in [-0.4, -0.2) is 38.2 Å². The van der Waals surface area contributed by atoms with E-state index in [1.807, 2.05) is 34.6 Å². The molecule has 1 saturated heterocycles. The van der Waals surface area contributed by atoms with Gasteiger partial charge in [0.05, 0.1) is 5.88 Å². The summed E-state index contributed by atoms with van der Waals surface area (Å²) in [4.78, 5) is 13.1. The van der Waals surface area contributed by atoms with Crippen LogP contribution in [0.4, 0.5) is 0 Å². The van der Waals surface area contributed by atoms with Gasteiger partial charge in [-0.1, -0.05) is 0 Å². The van der Waals surface area contributed by atoms with E-state index in [0.29, 0.717) is 11.8 Å². The maximum absolute atomic E-state index is 11.3. The maximum Gasteiger partial charge on any atom is 0.327 e. The molecule has 1 fully saturated rings. The van der Waals surface area contributed by atoms with Crippen LogP contribution in [0.5, 0.6) is 0 Å². The molecule has 1 N–H and O–H groups in total. The van der Waals surface area contributed by atoms with Crippen molar-refractivity contribution in [2.24, 2.45) is 0 Å². The van der Waals surface area contributed by atoms with Crippen molar-refractivity contribution in [3.05, 3.63) is 12.5 Å². The number of carbonyl (C=O) groups is 1. The van der Waals surface area contributed by atoms with Crippen molar-refractivity contribution >= 4 is 17.7 Å². The molecule has 0 spiro atoms. The second kappa shape index (κ2) is 4.44. The van der Waals surface area contributed by atoms with E-state index >= 15 is 0 Å². The number of hydrogen-bond donors (Lipinski definition) is 1. The SMILES string of the molecule is C=C(OC(C)(C)C)N1CSC(C)(C)[C@H]1C(=O)O. The van der Waals surface area contributed by atoms with Crippen LogP contribution in [0.3, 0.4) is 0 Å². The summed E-state index contributed by atoms with van der Waals surface area (Å²) in [5.41, 5.74) is -0.364. The first-order chi connectivity index (χ1) is 7.54. The number of carboxylic acid groups (broad SMARTS) is 1. The first-order valence-electron chi connectivity index (χ1n) is 5.56. The predicted molar refractivity (Wildman–Crippen MR) is 69.8 cm³/mol. The number of nitrogens with zero attached hydrogens (tertiary/aromatic N) is 1. The molecular weight excluding hydrogens is 238 g/mol. The van der Waals surface area contributed by atoms with Crippen LogP contribution in [0.15, 0.2) is 12.5 Å². The Morgan fingerprint density at radius 3 is 2.47 bits per heavy atom. The number of aliphatic carboxylic acids is 1. The van der Waals surface area contributed by atoms with Crippen molar-refractivity contribution in [2.45, 2.75) is 51.0 Å². The van der Waals surface area contributed by atoms with E-state index in [1.165, 1.54) is 0 Å². The molecule has 0 aliphatic carbocycles. The lowest BCUT2D eigenvalue weighted by atomic mass is 10.0. The first-order valence-corrected chi connectivity index (χ1v) is 6.54. The molecule has 0 saturated carbocycles. The number of ether oxygens (including phenoxy) is 1. The fourth-order valence-corrected chi connectivity index (χ4v) is 2.97. The van der Waals surface area contributed by atoms with Gasteiger partial charge < -0.3 is 14.7 Å². The molecule has 0 aromatic heterocycles. The van der Waals surface area contributed by atoms with Gasteiger partial charge in [-0.3, -0.25) is 0 Å². The fourth-order valence-electron chi connectivity index (χ4n) is 1.82. The Labute approximate surface area is 107 Å². The monoisotopic (exact) mass is 259 g/mol. The van der Waals surface area contributed by atoms with Gasteiger partial charge >= 0.3 is 5.97 Å². The second-order valence-corrected chi connectivity index (χ2v) is 7.29. The summed E-state index contributed by atoms with van der Waals surface area (Å²) in [5, 5.41) is 9.31. The number of rotatable bonds is 3. The van der Waals surface area contributed by atoms with Gasteiger partial charge in [0.25, 0.3) is 0 Å². The van der Waals surface area contributed by atoms with Crippen LogP contribution in [0.1, 0.15) is 34.6 Å². The molecule has 1 heterocycles. The van der Waals surface area contributed by atoms with Crippen molar-refractivity contribution < 1.29 is 14.6 Å². The van der Waals surface area contributed by atoms with E-state index in [4.69, 9.17) is 4.74 Å². The molecule has 0 bridgehead atoms. The first kappa shape index (κ1) is 14.2. The van der Waals surface area contributed by atoms with Crippen molar-refractivity contribution in [3.8, 4) is 0 Å². The summed E-state index contributed by atoms with van der Waals surface area (Å²) in [6.07, 6.45) is 0.